The summed E-state index contributed by atoms with van der Waals surface area (Å²) >= 11 is 0. The van der Waals surface area contributed by atoms with Crippen molar-refractivity contribution in [3.8, 4) is 11.5 Å². The Morgan fingerprint density at radius 1 is 1.24 bits per heavy atom. The number of nitrogens with zero attached hydrogens (tertiary/aromatic N) is 2. The summed E-state index contributed by atoms with van der Waals surface area (Å²) in [7, 11) is 1.41. The zero-order valence-corrected chi connectivity index (χ0v) is 21.8. The van der Waals surface area contributed by atoms with Crippen molar-refractivity contribution < 1.29 is 23.8 Å². The number of carbonyl (C=O) groups excluding carboxylic acids is 2. The molecule has 0 radical (unpaired) electrons. The molecule has 5 rings (SSSR count). The van der Waals surface area contributed by atoms with Crippen LogP contribution in [0.2, 0.25) is 0 Å². The molecule has 2 atom stereocenters. The molecular weight excluding hydrogens is 475 g/mol. The van der Waals surface area contributed by atoms with Gasteiger partial charge in [0.1, 0.15) is 17.3 Å². The van der Waals surface area contributed by atoms with Crippen molar-refractivity contribution in [2.75, 3.05) is 20.2 Å². The van der Waals surface area contributed by atoms with E-state index in [1.807, 2.05) is 0 Å². The first-order chi connectivity index (χ1) is 17.5. The second-order valence-corrected chi connectivity index (χ2v) is 11.1. The molecule has 3 amide bonds. The maximum atomic E-state index is 15.5. The molecule has 37 heavy (non-hydrogen) atoms. The van der Waals surface area contributed by atoms with Crippen molar-refractivity contribution >= 4 is 22.8 Å². The van der Waals surface area contributed by atoms with Gasteiger partial charge in [-0.3, -0.25) is 14.6 Å². The topological polar surface area (TPSA) is 97.9 Å². The van der Waals surface area contributed by atoms with Gasteiger partial charge in [-0.25, -0.2) is 9.18 Å². The first-order valence-corrected chi connectivity index (χ1v) is 12.5. The van der Waals surface area contributed by atoms with E-state index in [1.165, 1.54) is 12.0 Å². The number of imide groups is 1. The van der Waals surface area contributed by atoms with E-state index >= 15 is 4.39 Å². The Morgan fingerprint density at radius 2 is 2.00 bits per heavy atom. The normalized spacial score (nSPS) is 21.5. The van der Waals surface area contributed by atoms with Crippen LogP contribution in [0.25, 0.3) is 10.9 Å². The van der Waals surface area contributed by atoms with Crippen molar-refractivity contribution in [1.29, 1.82) is 0 Å². The molecule has 196 valence electrons. The van der Waals surface area contributed by atoms with Crippen LogP contribution in [0, 0.1) is 5.82 Å². The number of aromatic amines is 1. The molecule has 1 aromatic heterocycles. The number of H-pyrrole nitrogens is 1. The molecule has 8 nitrogen and oxygen atoms in total. The number of amides is 3. The van der Waals surface area contributed by atoms with E-state index in [9.17, 15) is 14.7 Å². The third kappa shape index (κ3) is 4.01. The lowest BCUT2D eigenvalue weighted by atomic mass is 9.81. The summed E-state index contributed by atoms with van der Waals surface area (Å²) in [5.41, 5.74) is 1.16. The van der Waals surface area contributed by atoms with Crippen molar-refractivity contribution in [3.63, 3.8) is 0 Å². The van der Waals surface area contributed by atoms with Crippen LogP contribution in [0.4, 0.5) is 9.18 Å². The molecule has 0 spiro atoms. The lowest BCUT2D eigenvalue weighted by Gasteiger charge is -2.42. The smallest absolute Gasteiger partial charge is 0.328 e. The highest BCUT2D eigenvalue weighted by Gasteiger charge is 2.60. The summed E-state index contributed by atoms with van der Waals surface area (Å²) in [6, 6.07) is 8.81. The molecule has 2 aromatic carbocycles. The summed E-state index contributed by atoms with van der Waals surface area (Å²) in [4.78, 5) is 33.9. The summed E-state index contributed by atoms with van der Waals surface area (Å²) < 4.78 is 20.8. The maximum absolute atomic E-state index is 15.5. The van der Waals surface area contributed by atoms with Crippen LogP contribution in [-0.2, 0) is 11.2 Å². The van der Waals surface area contributed by atoms with Gasteiger partial charge >= 0.3 is 6.03 Å². The number of aromatic hydroxyl groups is 1. The number of carbonyl (C=O) groups is 2. The fourth-order valence-corrected chi connectivity index (χ4v) is 5.65. The molecule has 0 aliphatic carbocycles. The minimum atomic E-state index is -1.22. The molecule has 2 aliphatic heterocycles. The van der Waals surface area contributed by atoms with E-state index in [0.717, 1.165) is 0 Å². The van der Waals surface area contributed by atoms with Gasteiger partial charge in [0.2, 0.25) is 0 Å². The van der Waals surface area contributed by atoms with Gasteiger partial charge < -0.3 is 20.1 Å². The first kappa shape index (κ1) is 25.1. The molecule has 3 N–H and O–H groups in total. The Hall–Kier alpha value is -3.59. The number of phenolic OH excluding ortho intramolecular Hbond substituents is 1. The van der Waals surface area contributed by atoms with Gasteiger partial charge in [0.05, 0.1) is 7.11 Å². The van der Waals surface area contributed by atoms with Crippen LogP contribution < -0.4 is 10.1 Å². The van der Waals surface area contributed by atoms with Gasteiger partial charge in [-0.05, 0) is 76.1 Å². The van der Waals surface area contributed by atoms with Gasteiger partial charge in [0, 0.05) is 35.1 Å². The van der Waals surface area contributed by atoms with Crippen LogP contribution in [0.1, 0.15) is 57.0 Å². The Balaban J connectivity index is 1.62. The van der Waals surface area contributed by atoms with Crippen LogP contribution in [0.3, 0.4) is 0 Å². The molecule has 1 saturated heterocycles. The Morgan fingerprint density at radius 3 is 2.68 bits per heavy atom. The zero-order valence-electron chi connectivity index (χ0n) is 21.8. The lowest BCUT2D eigenvalue weighted by Crippen LogP contribution is -2.53. The fourth-order valence-electron chi connectivity index (χ4n) is 5.65. The number of hydrogen-bond acceptors (Lipinski definition) is 5. The minimum Gasteiger partial charge on any atom is -0.508 e. The van der Waals surface area contributed by atoms with Gasteiger partial charge in [-0.1, -0.05) is 12.1 Å². The number of hydrogen-bond donors (Lipinski definition) is 3. The molecule has 3 aromatic rings. The van der Waals surface area contributed by atoms with Gasteiger partial charge in [0.25, 0.3) is 5.91 Å². The predicted molar refractivity (Wildman–Crippen MR) is 138 cm³/mol. The molecule has 0 bridgehead atoms. The van der Waals surface area contributed by atoms with E-state index in [2.05, 4.69) is 31.1 Å². The van der Waals surface area contributed by atoms with E-state index in [4.69, 9.17) is 4.74 Å². The monoisotopic (exact) mass is 508 g/mol. The van der Waals surface area contributed by atoms with Crippen molar-refractivity contribution in [3.05, 3.63) is 59.0 Å². The van der Waals surface area contributed by atoms with E-state index in [-0.39, 0.29) is 41.9 Å². The third-order valence-corrected chi connectivity index (χ3v) is 7.35. The molecule has 3 heterocycles. The van der Waals surface area contributed by atoms with Crippen LogP contribution in [-0.4, -0.2) is 63.1 Å². The highest BCUT2D eigenvalue weighted by Crippen LogP contribution is 2.49. The van der Waals surface area contributed by atoms with Crippen molar-refractivity contribution in [2.45, 2.75) is 57.7 Å². The molecule has 2 unspecified atom stereocenters. The SMILES string of the molecule is COc1ccc2[nH]c3c(c2c1F)CC1(C)C(=O)N(CCCNC(C)(C)C)C(=O)N1C3c1cccc(O)c1. The summed E-state index contributed by atoms with van der Waals surface area (Å²) in [6.07, 6.45) is 0.762. The third-order valence-electron chi connectivity index (χ3n) is 7.35. The number of nitrogens with one attached hydrogen (secondary N) is 2. The first-order valence-electron chi connectivity index (χ1n) is 12.5. The standard InChI is InChI=1S/C28H33FN4O4/c1-27(2,3)30-12-7-13-32-25(35)28(4)15-18-21-19(10-11-20(37-5)22(21)29)31-23(18)24(33(28)26(32)36)16-8-6-9-17(34)14-16/h6,8-11,14,24,30-31,34H,7,12-13,15H2,1-5H3. The summed E-state index contributed by atoms with van der Waals surface area (Å²) in [5, 5.41) is 14.0. The summed E-state index contributed by atoms with van der Waals surface area (Å²) in [6.45, 7) is 8.86. The molecule has 2 aliphatic rings. The Kier molecular flexibility index (Phi) is 5.94. The second kappa shape index (κ2) is 8.76. The number of fused-ring (bicyclic) bond motifs is 4. The Labute approximate surface area is 215 Å². The predicted octanol–water partition coefficient (Wildman–Crippen LogP) is 4.47. The number of aromatic nitrogens is 1. The molecule has 9 heteroatoms. The lowest BCUT2D eigenvalue weighted by molar-refractivity contribution is -0.133. The number of methoxy groups -OCH3 is 1. The number of rotatable bonds is 6. The fraction of sp³-hybridized carbons (Fsp3) is 0.429. The van der Waals surface area contributed by atoms with Crippen LogP contribution >= 0.6 is 0 Å². The highest BCUT2D eigenvalue weighted by molar-refractivity contribution is 6.08. The molecule has 1 fully saturated rings. The zero-order chi connectivity index (χ0) is 26.7. The average molecular weight is 509 g/mol. The van der Waals surface area contributed by atoms with Gasteiger partial charge in [0.15, 0.2) is 11.6 Å². The van der Waals surface area contributed by atoms with Gasteiger partial charge in [-0.2, -0.15) is 0 Å². The van der Waals surface area contributed by atoms with E-state index in [0.29, 0.717) is 40.7 Å². The quantitative estimate of drug-likeness (QED) is 0.337. The largest absolute Gasteiger partial charge is 0.508 e. The maximum Gasteiger partial charge on any atom is 0.328 e. The number of halogens is 1. The van der Waals surface area contributed by atoms with Crippen LogP contribution in [0.5, 0.6) is 11.5 Å². The Bertz CT molecular complexity index is 1390. The highest BCUT2D eigenvalue weighted by atomic mass is 19.1. The number of urea groups is 1. The summed E-state index contributed by atoms with van der Waals surface area (Å²) in [5.74, 6) is -0.663. The van der Waals surface area contributed by atoms with Crippen molar-refractivity contribution in [1.82, 2.24) is 20.1 Å². The molecule has 0 saturated carbocycles. The average Bonchev–Trinajstić information content (AvgIpc) is 3.28. The second-order valence-electron chi connectivity index (χ2n) is 11.1. The minimum absolute atomic E-state index is 0.0402. The number of ether oxygens (including phenoxy) is 1. The molecular formula is C28H33FN4O4. The van der Waals surface area contributed by atoms with E-state index < -0.39 is 17.4 Å². The van der Waals surface area contributed by atoms with E-state index in [1.54, 1.807) is 48.2 Å². The van der Waals surface area contributed by atoms with Crippen LogP contribution in [0.15, 0.2) is 36.4 Å². The van der Waals surface area contributed by atoms with Crippen molar-refractivity contribution in [2.24, 2.45) is 0 Å². The van der Waals surface area contributed by atoms with Gasteiger partial charge in [-0.15, -0.1) is 0 Å². The number of phenols is 1. The number of benzene rings is 2.